The largest absolute Gasteiger partial charge is 0.457 e. The Hall–Kier alpha value is -1.49. The van der Waals surface area contributed by atoms with E-state index in [-0.39, 0.29) is 17.3 Å². The van der Waals surface area contributed by atoms with Crippen molar-refractivity contribution in [3.05, 3.63) is 29.3 Å². The highest BCUT2D eigenvalue weighted by Crippen LogP contribution is 2.36. The lowest BCUT2D eigenvalue weighted by Gasteiger charge is -2.14. The van der Waals surface area contributed by atoms with Crippen LogP contribution >= 0.6 is 11.8 Å². The van der Waals surface area contributed by atoms with Crippen LogP contribution in [0.5, 0.6) is 0 Å². The summed E-state index contributed by atoms with van der Waals surface area (Å²) in [7, 11) is 3.48. The number of carbonyl (C=O) groups is 2. The van der Waals surface area contributed by atoms with Crippen LogP contribution in [-0.2, 0) is 16.0 Å². The van der Waals surface area contributed by atoms with Crippen molar-refractivity contribution in [2.45, 2.75) is 43.6 Å². The van der Waals surface area contributed by atoms with E-state index in [0.29, 0.717) is 6.42 Å². The quantitative estimate of drug-likeness (QED) is 0.627. The fraction of sp³-hybridized carbons (Fsp3) is 0.500. The van der Waals surface area contributed by atoms with Gasteiger partial charge in [-0.05, 0) is 54.3 Å². The topological polar surface area (TPSA) is 46.6 Å². The molecule has 1 atom stereocenters. The van der Waals surface area contributed by atoms with Gasteiger partial charge in [-0.2, -0.15) is 0 Å². The number of benzene rings is 1. The standard InChI is InChI=1S/C16H21NO3S/c1-4-5-15(18)20-14-9-6-11-10-12(7-8-13(11)14)21-16(19)17(2)3/h7-8,10,14H,4-6,9H2,1-3H3/t14-/m0/s1. The molecular weight excluding hydrogens is 286 g/mol. The zero-order valence-corrected chi connectivity index (χ0v) is 13.5. The lowest BCUT2D eigenvalue weighted by atomic mass is 10.1. The van der Waals surface area contributed by atoms with Crippen molar-refractivity contribution >= 4 is 23.0 Å². The van der Waals surface area contributed by atoms with E-state index in [0.717, 1.165) is 29.7 Å². The maximum atomic E-state index is 11.7. The van der Waals surface area contributed by atoms with Crippen LogP contribution in [0.4, 0.5) is 4.79 Å². The molecule has 1 aliphatic rings. The molecule has 0 spiro atoms. The highest BCUT2D eigenvalue weighted by atomic mass is 32.2. The van der Waals surface area contributed by atoms with Gasteiger partial charge in [0.1, 0.15) is 6.10 Å². The highest BCUT2D eigenvalue weighted by molar-refractivity contribution is 8.13. The Kier molecular flexibility index (Phi) is 5.28. The molecular formula is C16H21NO3S. The molecule has 21 heavy (non-hydrogen) atoms. The first-order valence-electron chi connectivity index (χ1n) is 7.22. The number of rotatable bonds is 4. The first kappa shape index (κ1) is 15.9. The molecule has 114 valence electrons. The van der Waals surface area contributed by atoms with Crippen LogP contribution in [0.25, 0.3) is 0 Å². The van der Waals surface area contributed by atoms with Crippen molar-refractivity contribution in [2.24, 2.45) is 0 Å². The number of amides is 1. The van der Waals surface area contributed by atoms with Crippen LogP contribution in [0.3, 0.4) is 0 Å². The van der Waals surface area contributed by atoms with Crippen LogP contribution < -0.4 is 0 Å². The number of fused-ring (bicyclic) bond motifs is 1. The van der Waals surface area contributed by atoms with Gasteiger partial charge in [-0.15, -0.1) is 0 Å². The summed E-state index contributed by atoms with van der Waals surface area (Å²) in [6.45, 7) is 1.97. The van der Waals surface area contributed by atoms with E-state index in [1.807, 2.05) is 25.1 Å². The second-order valence-corrected chi connectivity index (χ2v) is 6.41. The van der Waals surface area contributed by atoms with Crippen molar-refractivity contribution < 1.29 is 14.3 Å². The van der Waals surface area contributed by atoms with Crippen LogP contribution in [0.1, 0.15) is 43.4 Å². The van der Waals surface area contributed by atoms with Crippen LogP contribution in [0.15, 0.2) is 23.1 Å². The zero-order chi connectivity index (χ0) is 15.4. The van der Waals surface area contributed by atoms with Crippen molar-refractivity contribution in [3.63, 3.8) is 0 Å². The number of esters is 1. The van der Waals surface area contributed by atoms with Gasteiger partial charge in [0.05, 0.1) is 0 Å². The highest BCUT2D eigenvalue weighted by Gasteiger charge is 2.26. The number of aryl methyl sites for hydroxylation is 1. The molecule has 0 unspecified atom stereocenters. The van der Waals surface area contributed by atoms with Gasteiger partial charge >= 0.3 is 5.97 Å². The molecule has 4 nitrogen and oxygen atoms in total. The van der Waals surface area contributed by atoms with Gasteiger partial charge in [0, 0.05) is 25.4 Å². The Labute approximate surface area is 129 Å². The molecule has 1 amide bonds. The van der Waals surface area contributed by atoms with E-state index in [1.54, 1.807) is 19.0 Å². The van der Waals surface area contributed by atoms with Crippen molar-refractivity contribution in [3.8, 4) is 0 Å². The van der Waals surface area contributed by atoms with Crippen molar-refractivity contribution in [2.75, 3.05) is 14.1 Å². The molecule has 0 heterocycles. The molecule has 0 N–H and O–H groups in total. The Bertz CT molecular complexity index is 542. The van der Waals surface area contributed by atoms with Crippen LogP contribution in [-0.4, -0.2) is 30.2 Å². The Balaban J connectivity index is 2.06. The first-order chi connectivity index (χ1) is 10.0. The van der Waals surface area contributed by atoms with Gasteiger partial charge in [0.2, 0.25) is 0 Å². The summed E-state index contributed by atoms with van der Waals surface area (Å²) in [5.74, 6) is -0.128. The number of carbonyl (C=O) groups excluding carboxylic acids is 2. The average Bonchev–Trinajstić information content (AvgIpc) is 2.81. The summed E-state index contributed by atoms with van der Waals surface area (Å²) in [6, 6.07) is 5.95. The van der Waals surface area contributed by atoms with Gasteiger partial charge < -0.3 is 9.64 Å². The summed E-state index contributed by atoms with van der Waals surface area (Å²) in [6.07, 6.45) is 2.88. The maximum Gasteiger partial charge on any atom is 0.306 e. The average molecular weight is 307 g/mol. The number of thioether (sulfide) groups is 1. The SMILES string of the molecule is CCCC(=O)O[C@H]1CCc2cc(SC(=O)N(C)C)ccc21. The number of nitrogens with zero attached hydrogens (tertiary/aromatic N) is 1. The summed E-state index contributed by atoms with van der Waals surface area (Å²) in [4.78, 5) is 25.8. The van der Waals surface area contributed by atoms with Gasteiger partial charge in [-0.25, -0.2) is 0 Å². The monoisotopic (exact) mass is 307 g/mol. The molecule has 0 aromatic heterocycles. The molecule has 0 saturated heterocycles. The minimum atomic E-state index is -0.128. The van der Waals surface area contributed by atoms with Crippen LogP contribution in [0.2, 0.25) is 0 Å². The molecule has 0 radical (unpaired) electrons. The minimum absolute atomic E-state index is 0.0128. The van der Waals surface area contributed by atoms with Crippen LogP contribution in [0, 0.1) is 0 Å². The number of ether oxygens (including phenoxy) is 1. The molecule has 1 aliphatic carbocycles. The minimum Gasteiger partial charge on any atom is -0.457 e. The third-order valence-corrected chi connectivity index (χ3v) is 4.46. The van der Waals surface area contributed by atoms with Crippen molar-refractivity contribution in [1.29, 1.82) is 0 Å². The van der Waals surface area contributed by atoms with E-state index < -0.39 is 0 Å². The van der Waals surface area contributed by atoms with E-state index in [4.69, 9.17) is 4.74 Å². The van der Waals surface area contributed by atoms with Crippen molar-refractivity contribution in [1.82, 2.24) is 4.90 Å². The van der Waals surface area contributed by atoms with Gasteiger partial charge in [-0.1, -0.05) is 13.0 Å². The fourth-order valence-electron chi connectivity index (χ4n) is 2.35. The second kappa shape index (κ2) is 6.98. The number of hydrogen-bond acceptors (Lipinski definition) is 4. The van der Waals surface area contributed by atoms with E-state index in [9.17, 15) is 9.59 Å². The molecule has 0 fully saturated rings. The normalized spacial score (nSPS) is 16.4. The van der Waals surface area contributed by atoms with E-state index in [1.165, 1.54) is 17.3 Å². The Morgan fingerprint density at radius 3 is 2.81 bits per heavy atom. The predicted octanol–water partition coefficient (Wildman–Crippen LogP) is 3.79. The summed E-state index contributed by atoms with van der Waals surface area (Å²) in [5.41, 5.74) is 2.27. The predicted molar refractivity (Wildman–Crippen MR) is 83.4 cm³/mol. The van der Waals surface area contributed by atoms with E-state index >= 15 is 0 Å². The Morgan fingerprint density at radius 1 is 1.38 bits per heavy atom. The first-order valence-corrected chi connectivity index (χ1v) is 8.04. The summed E-state index contributed by atoms with van der Waals surface area (Å²) in [5, 5.41) is 0.0128. The molecule has 0 bridgehead atoms. The number of hydrogen-bond donors (Lipinski definition) is 0. The Morgan fingerprint density at radius 2 is 2.14 bits per heavy atom. The van der Waals surface area contributed by atoms with Gasteiger partial charge in [0.15, 0.2) is 0 Å². The third-order valence-electron chi connectivity index (χ3n) is 3.44. The second-order valence-electron chi connectivity index (χ2n) is 5.39. The van der Waals surface area contributed by atoms with E-state index in [2.05, 4.69) is 0 Å². The summed E-state index contributed by atoms with van der Waals surface area (Å²) >= 11 is 1.22. The zero-order valence-electron chi connectivity index (χ0n) is 12.7. The molecule has 1 aromatic carbocycles. The lowest BCUT2D eigenvalue weighted by molar-refractivity contribution is -0.149. The maximum absolute atomic E-state index is 11.7. The smallest absolute Gasteiger partial charge is 0.306 e. The molecule has 0 saturated carbocycles. The van der Waals surface area contributed by atoms with Gasteiger partial charge in [-0.3, -0.25) is 9.59 Å². The molecule has 5 heteroatoms. The molecule has 1 aromatic rings. The van der Waals surface area contributed by atoms with Gasteiger partial charge in [0.25, 0.3) is 5.24 Å². The lowest BCUT2D eigenvalue weighted by Crippen LogP contribution is -2.16. The molecule has 0 aliphatic heterocycles. The third kappa shape index (κ3) is 4.00. The summed E-state index contributed by atoms with van der Waals surface area (Å²) < 4.78 is 5.52. The fourth-order valence-corrected chi connectivity index (χ4v) is 3.08. The molecule has 2 rings (SSSR count).